The Balaban J connectivity index is 1.32. The molecule has 1 N–H and O–H groups in total. The number of nitrogens with one attached hydrogen (secondary N) is 1. The highest BCUT2D eigenvalue weighted by atomic mass is 32.1. The van der Waals surface area contributed by atoms with E-state index in [-0.39, 0.29) is 18.2 Å². The van der Waals surface area contributed by atoms with Gasteiger partial charge in [0, 0.05) is 16.6 Å². The fourth-order valence-corrected chi connectivity index (χ4v) is 4.08. The van der Waals surface area contributed by atoms with Gasteiger partial charge in [0.25, 0.3) is 5.91 Å². The molecule has 0 spiro atoms. The highest BCUT2D eigenvalue weighted by Crippen LogP contribution is 2.26. The van der Waals surface area contributed by atoms with Crippen LogP contribution in [0, 0.1) is 0 Å². The zero-order chi connectivity index (χ0) is 20.2. The van der Waals surface area contributed by atoms with E-state index in [1.54, 1.807) is 12.5 Å². The van der Waals surface area contributed by atoms with Crippen LogP contribution in [-0.4, -0.2) is 30.6 Å². The van der Waals surface area contributed by atoms with Crippen LogP contribution in [0.1, 0.15) is 28.0 Å². The normalized spacial score (nSPS) is 12.3. The number of esters is 1. The molecule has 6 nitrogen and oxygen atoms in total. The number of fused-ring (bicyclic) bond motifs is 1. The summed E-state index contributed by atoms with van der Waals surface area (Å²) in [5, 5.41) is 5.10. The van der Waals surface area contributed by atoms with E-state index in [9.17, 15) is 9.59 Å². The van der Waals surface area contributed by atoms with Crippen molar-refractivity contribution in [3.8, 4) is 16.3 Å². The number of nitrogens with zero attached hydrogens (tertiary/aromatic N) is 1. The van der Waals surface area contributed by atoms with Crippen LogP contribution in [0.15, 0.2) is 47.8 Å². The second kappa shape index (κ2) is 8.45. The molecule has 29 heavy (non-hydrogen) atoms. The number of thiazole rings is 1. The van der Waals surface area contributed by atoms with Crippen LogP contribution in [0.4, 0.5) is 5.69 Å². The molecule has 148 valence electrons. The average molecular weight is 408 g/mol. The van der Waals surface area contributed by atoms with Gasteiger partial charge in [0.1, 0.15) is 10.8 Å². The van der Waals surface area contributed by atoms with Gasteiger partial charge in [0.2, 0.25) is 0 Å². The number of aryl methyl sites for hydroxylation is 2. The van der Waals surface area contributed by atoms with Crippen molar-refractivity contribution in [3.05, 3.63) is 64.7 Å². The molecule has 0 fully saturated rings. The maximum Gasteiger partial charge on any atom is 0.358 e. The summed E-state index contributed by atoms with van der Waals surface area (Å²) in [5.74, 6) is -0.244. The molecular weight excluding hydrogens is 388 g/mol. The molecule has 2 aromatic carbocycles. The van der Waals surface area contributed by atoms with Crippen molar-refractivity contribution >= 4 is 28.9 Å². The number of anilines is 1. The Kier molecular flexibility index (Phi) is 5.57. The van der Waals surface area contributed by atoms with Crippen molar-refractivity contribution < 1.29 is 19.1 Å². The molecule has 1 heterocycles. The van der Waals surface area contributed by atoms with Crippen molar-refractivity contribution in [2.75, 3.05) is 19.0 Å². The number of aromatic nitrogens is 1. The van der Waals surface area contributed by atoms with Crippen molar-refractivity contribution in [2.24, 2.45) is 0 Å². The van der Waals surface area contributed by atoms with Gasteiger partial charge in [-0.15, -0.1) is 11.3 Å². The van der Waals surface area contributed by atoms with Gasteiger partial charge in [-0.1, -0.05) is 6.07 Å². The number of hydrogen-bond donors (Lipinski definition) is 1. The summed E-state index contributed by atoms with van der Waals surface area (Å²) >= 11 is 1.34. The lowest BCUT2D eigenvalue weighted by Crippen LogP contribution is -2.21. The van der Waals surface area contributed by atoms with Crippen LogP contribution in [-0.2, 0) is 22.4 Å². The molecular formula is C22H20N2O4S. The Hall–Kier alpha value is -3.19. The summed E-state index contributed by atoms with van der Waals surface area (Å²) in [6, 6.07) is 13.3. The fourth-order valence-electron chi connectivity index (χ4n) is 3.29. The van der Waals surface area contributed by atoms with E-state index in [1.807, 2.05) is 42.5 Å². The van der Waals surface area contributed by atoms with Gasteiger partial charge in [-0.2, -0.15) is 0 Å². The summed E-state index contributed by atoms with van der Waals surface area (Å²) in [6.45, 7) is -0.356. The predicted octanol–water partition coefficient (Wildman–Crippen LogP) is 4.10. The molecule has 0 bridgehead atoms. The monoisotopic (exact) mass is 408 g/mol. The molecule has 1 aromatic heterocycles. The fraction of sp³-hybridized carbons (Fsp3) is 0.227. The van der Waals surface area contributed by atoms with Crippen LogP contribution in [0.2, 0.25) is 0 Å². The van der Waals surface area contributed by atoms with Crippen LogP contribution < -0.4 is 10.1 Å². The molecule has 3 aromatic rings. The van der Waals surface area contributed by atoms with E-state index in [0.717, 1.165) is 36.3 Å². The number of rotatable bonds is 6. The maximum absolute atomic E-state index is 12.2. The van der Waals surface area contributed by atoms with Crippen LogP contribution >= 0.6 is 11.3 Å². The number of ether oxygens (including phenoxy) is 2. The Morgan fingerprint density at radius 2 is 1.90 bits per heavy atom. The summed E-state index contributed by atoms with van der Waals surface area (Å²) < 4.78 is 10.3. The third-order valence-electron chi connectivity index (χ3n) is 4.77. The number of carbonyl (C=O) groups is 2. The molecule has 0 saturated carbocycles. The molecule has 0 atom stereocenters. The number of benzene rings is 2. The van der Waals surface area contributed by atoms with E-state index < -0.39 is 5.97 Å². The number of methoxy groups -OCH3 is 1. The summed E-state index contributed by atoms with van der Waals surface area (Å²) in [4.78, 5) is 28.6. The van der Waals surface area contributed by atoms with Crippen LogP contribution in [0.5, 0.6) is 5.75 Å². The van der Waals surface area contributed by atoms with Gasteiger partial charge < -0.3 is 14.8 Å². The molecule has 0 radical (unpaired) electrons. The first-order valence-electron chi connectivity index (χ1n) is 9.31. The minimum absolute atomic E-state index is 0.186. The quantitative estimate of drug-likeness (QED) is 0.621. The molecule has 7 heteroatoms. The molecule has 0 saturated heterocycles. The first kappa shape index (κ1) is 19.1. The van der Waals surface area contributed by atoms with Crippen molar-refractivity contribution in [3.63, 3.8) is 0 Å². The van der Waals surface area contributed by atoms with E-state index in [2.05, 4.69) is 10.3 Å². The molecule has 0 unspecified atom stereocenters. The van der Waals surface area contributed by atoms with Crippen molar-refractivity contribution in [2.45, 2.75) is 19.3 Å². The van der Waals surface area contributed by atoms with Gasteiger partial charge in [-0.25, -0.2) is 9.78 Å². The summed E-state index contributed by atoms with van der Waals surface area (Å²) in [6.07, 6.45) is 3.28. The Labute approximate surface area is 172 Å². The average Bonchev–Trinajstić information content (AvgIpc) is 3.41. The standard InChI is InChI=1S/C22H20N2O4S/c1-27-18-9-6-15(7-10-18)21-24-19(13-29-21)22(26)28-12-20(25)23-17-8-5-14-3-2-4-16(14)11-17/h5-11,13H,2-4,12H2,1H3,(H,23,25). The van der Waals surface area contributed by atoms with Gasteiger partial charge in [0.15, 0.2) is 12.3 Å². The van der Waals surface area contributed by atoms with Crippen molar-refractivity contribution in [1.82, 2.24) is 4.98 Å². The van der Waals surface area contributed by atoms with Gasteiger partial charge in [-0.3, -0.25) is 4.79 Å². The number of hydrogen-bond acceptors (Lipinski definition) is 6. The molecule has 1 amide bonds. The molecule has 1 aliphatic carbocycles. The molecule has 0 aliphatic heterocycles. The van der Waals surface area contributed by atoms with Crippen LogP contribution in [0.3, 0.4) is 0 Å². The third-order valence-corrected chi connectivity index (χ3v) is 5.66. The second-order valence-corrected chi connectivity index (χ2v) is 7.59. The minimum Gasteiger partial charge on any atom is -0.497 e. The largest absolute Gasteiger partial charge is 0.497 e. The Morgan fingerprint density at radius 3 is 2.69 bits per heavy atom. The number of amides is 1. The number of carbonyl (C=O) groups excluding carboxylic acids is 2. The maximum atomic E-state index is 12.2. The molecule has 1 aliphatic rings. The zero-order valence-electron chi connectivity index (χ0n) is 15.9. The van der Waals surface area contributed by atoms with Crippen molar-refractivity contribution in [1.29, 1.82) is 0 Å². The summed E-state index contributed by atoms with van der Waals surface area (Å²) in [5.41, 5.74) is 4.40. The van der Waals surface area contributed by atoms with E-state index >= 15 is 0 Å². The lowest BCUT2D eigenvalue weighted by Gasteiger charge is -2.07. The lowest BCUT2D eigenvalue weighted by molar-refractivity contribution is -0.119. The first-order chi connectivity index (χ1) is 14.1. The SMILES string of the molecule is COc1ccc(-c2nc(C(=O)OCC(=O)Nc3ccc4c(c3)CCC4)cs2)cc1. The predicted molar refractivity (Wildman–Crippen MR) is 111 cm³/mol. The van der Waals surface area contributed by atoms with Gasteiger partial charge in [0.05, 0.1) is 7.11 Å². The Bertz CT molecular complexity index is 1040. The first-order valence-corrected chi connectivity index (χ1v) is 10.2. The third kappa shape index (κ3) is 4.46. The van der Waals surface area contributed by atoms with Gasteiger partial charge in [-0.05, 0) is 66.8 Å². The van der Waals surface area contributed by atoms with Gasteiger partial charge >= 0.3 is 5.97 Å². The minimum atomic E-state index is -0.620. The van der Waals surface area contributed by atoms with E-state index in [0.29, 0.717) is 5.01 Å². The summed E-state index contributed by atoms with van der Waals surface area (Å²) in [7, 11) is 1.60. The van der Waals surface area contributed by atoms with E-state index in [1.165, 1.54) is 22.5 Å². The zero-order valence-corrected chi connectivity index (χ0v) is 16.8. The highest BCUT2D eigenvalue weighted by Gasteiger charge is 2.16. The van der Waals surface area contributed by atoms with E-state index in [4.69, 9.17) is 9.47 Å². The smallest absolute Gasteiger partial charge is 0.358 e. The second-order valence-electron chi connectivity index (χ2n) is 6.73. The Morgan fingerprint density at radius 1 is 1.10 bits per heavy atom. The topological polar surface area (TPSA) is 77.5 Å². The molecule has 4 rings (SSSR count). The highest BCUT2D eigenvalue weighted by molar-refractivity contribution is 7.13. The van der Waals surface area contributed by atoms with Crippen LogP contribution in [0.25, 0.3) is 10.6 Å². The lowest BCUT2D eigenvalue weighted by atomic mass is 10.1.